The Morgan fingerprint density at radius 3 is 2.47 bits per heavy atom. The highest BCUT2D eigenvalue weighted by molar-refractivity contribution is 5.58. The van der Waals surface area contributed by atoms with Crippen molar-refractivity contribution < 1.29 is 0 Å². The van der Waals surface area contributed by atoms with E-state index in [1.807, 2.05) is 12.3 Å². The maximum atomic E-state index is 4.48. The number of hydrogen-bond donors (Lipinski definition) is 0. The molecule has 1 aromatic carbocycles. The van der Waals surface area contributed by atoms with E-state index in [4.69, 9.17) is 0 Å². The first-order valence-corrected chi connectivity index (χ1v) is 5.18. The summed E-state index contributed by atoms with van der Waals surface area (Å²) < 4.78 is 0. The van der Waals surface area contributed by atoms with Crippen LogP contribution in [0.2, 0.25) is 0 Å². The van der Waals surface area contributed by atoms with Gasteiger partial charge in [0.05, 0.1) is 5.69 Å². The third-order valence-corrected chi connectivity index (χ3v) is 2.37. The summed E-state index contributed by atoms with van der Waals surface area (Å²) in [6.45, 7) is 4.15. The second-order valence-electron chi connectivity index (χ2n) is 3.58. The quantitative estimate of drug-likeness (QED) is 0.741. The smallest absolute Gasteiger partial charge is 0.128 e. The predicted molar refractivity (Wildman–Crippen MR) is 61.6 cm³/mol. The summed E-state index contributed by atoms with van der Waals surface area (Å²) in [5.74, 6) is 0.896. The van der Waals surface area contributed by atoms with E-state index < -0.39 is 0 Å². The van der Waals surface area contributed by atoms with Gasteiger partial charge in [-0.15, -0.1) is 0 Å². The van der Waals surface area contributed by atoms with Crippen molar-refractivity contribution in [2.45, 2.75) is 20.3 Å². The SMILES string of the molecule is CCc1nccc(-c2ccc(C)cc2)n1. The summed E-state index contributed by atoms with van der Waals surface area (Å²) >= 11 is 0. The fraction of sp³-hybridized carbons (Fsp3) is 0.231. The Labute approximate surface area is 90.0 Å². The Morgan fingerprint density at radius 2 is 1.80 bits per heavy atom. The van der Waals surface area contributed by atoms with Crippen LogP contribution in [-0.4, -0.2) is 9.97 Å². The molecule has 0 unspecified atom stereocenters. The number of rotatable bonds is 2. The zero-order chi connectivity index (χ0) is 10.7. The van der Waals surface area contributed by atoms with E-state index in [2.05, 4.69) is 48.1 Å². The largest absolute Gasteiger partial charge is 0.241 e. The second-order valence-corrected chi connectivity index (χ2v) is 3.58. The lowest BCUT2D eigenvalue weighted by Gasteiger charge is -2.02. The molecule has 0 atom stereocenters. The summed E-state index contributed by atoms with van der Waals surface area (Å²) in [5, 5.41) is 0. The van der Waals surface area contributed by atoms with Crippen LogP contribution in [0.4, 0.5) is 0 Å². The lowest BCUT2D eigenvalue weighted by molar-refractivity contribution is 0.943. The summed E-state index contributed by atoms with van der Waals surface area (Å²) in [5.41, 5.74) is 3.42. The second kappa shape index (κ2) is 4.22. The Hall–Kier alpha value is -1.70. The highest BCUT2D eigenvalue weighted by atomic mass is 14.9. The van der Waals surface area contributed by atoms with Gasteiger partial charge in [0, 0.05) is 18.2 Å². The fourth-order valence-electron chi connectivity index (χ4n) is 1.45. The Kier molecular flexibility index (Phi) is 2.77. The van der Waals surface area contributed by atoms with Gasteiger partial charge in [-0.1, -0.05) is 36.8 Å². The molecule has 0 saturated carbocycles. The van der Waals surface area contributed by atoms with E-state index in [1.165, 1.54) is 5.56 Å². The number of aromatic nitrogens is 2. The molecule has 0 aliphatic rings. The standard InChI is InChI=1S/C13H14N2/c1-3-13-14-9-8-12(15-13)11-6-4-10(2)5-7-11/h4-9H,3H2,1-2H3. The van der Waals surface area contributed by atoms with Gasteiger partial charge >= 0.3 is 0 Å². The highest BCUT2D eigenvalue weighted by Gasteiger charge is 2.00. The molecule has 0 saturated heterocycles. The lowest BCUT2D eigenvalue weighted by Crippen LogP contribution is -1.93. The minimum Gasteiger partial charge on any atom is -0.241 e. The van der Waals surface area contributed by atoms with Crippen LogP contribution in [-0.2, 0) is 6.42 Å². The van der Waals surface area contributed by atoms with E-state index in [0.717, 1.165) is 23.5 Å². The number of aryl methyl sites for hydroxylation is 2. The molecule has 15 heavy (non-hydrogen) atoms. The third-order valence-electron chi connectivity index (χ3n) is 2.37. The number of benzene rings is 1. The average molecular weight is 198 g/mol. The first-order chi connectivity index (χ1) is 7.29. The van der Waals surface area contributed by atoms with Gasteiger partial charge in [-0.2, -0.15) is 0 Å². The van der Waals surface area contributed by atoms with Crippen molar-refractivity contribution in [1.29, 1.82) is 0 Å². The van der Waals surface area contributed by atoms with Crippen molar-refractivity contribution in [3.05, 3.63) is 47.9 Å². The minimum absolute atomic E-state index is 0.875. The van der Waals surface area contributed by atoms with Crippen LogP contribution in [0, 0.1) is 6.92 Å². The van der Waals surface area contributed by atoms with Crippen LogP contribution in [0.15, 0.2) is 36.5 Å². The summed E-state index contributed by atoms with van der Waals surface area (Å²) in [4.78, 5) is 8.67. The molecular formula is C13H14N2. The van der Waals surface area contributed by atoms with Crippen LogP contribution in [0.3, 0.4) is 0 Å². The van der Waals surface area contributed by atoms with Gasteiger partial charge in [0.2, 0.25) is 0 Å². The fourth-order valence-corrected chi connectivity index (χ4v) is 1.45. The molecule has 2 nitrogen and oxygen atoms in total. The van der Waals surface area contributed by atoms with Crippen molar-refractivity contribution in [2.24, 2.45) is 0 Å². The Bertz CT molecular complexity index is 446. The molecule has 0 bridgehead atoms. The molecule has 0 spiro atoms. The molecule has 1 aromatic heterocycles. The molecular weight excluding hydrogens is 184 g/mol. The van der Waals surface area contributed by atoms with E-state index in [-0.39, 0.29) is 0 Å². The first kappa shape index (κ1) is 9.84. The van der Waals surface area contributed by atoms with Gasteiger partial charge in [0.15, 0.2) is 0 Å². The molecule has 0 amide bonds. The molecule has 0 aliphatic heterocycles. The van der Waals surface area contributed by atoms with Crippen LogP contribution in [0.1, 0.15) is 18.3 Å². The zero-order valence-corrected chi connectivity index (χ0v) is 9.07. The van der Waals surface area contributed by atoms with Gasteiger partial charge in [-0.25, -0.2) is 9.97 Å². The topological polar surface area (TPSA) is 25.8 Å². The maximum Gasteiger partial charge on any atom is 0.128 e. The molecule has 2 heteroatoms. The van der Waals surface area contributed by atoms with Crippen molar-refractivity contribution >= 4 is 0 Å². The average Bonchev–Trinajstić information content (AvgIpc) is 2.30. The Morgan fingerprint density at radius 1 is 1.07 bits per heavy atom. The lowest BCUT2D eigenvalue weighted by atomic mass is 10.1. The molecule has 1 heterocycles. The van der Waals surface area contributed by atoms with Gasteiger partial charge in [-0.05, 0) is 13.0 Å². The number of nitrogens with zero attached hydrogens (tertiary/aromatic N) is 2. The predicted octanol–water partition coefficient (Wildman–Crippen LogP) is 3.01. The van der Waals surface area contributed by atoms with Gasteiger partial charge in [0.1, 0.15) is 5.82 Å². The molecule has 0 radical (unpaired) electrons. The summed E-state index contributed by atoms with van der Waals surface area (Å²) in [6, 6.07) is 10.3. The van der Waals surface area contributed by atoms with E-state index in [1.54, 1.807) is 0 Å². The zero-order valence-electron chi connectivity index (χ0n) is 9.07. The van der Waals surface area contributed by atoms with Gasteiger partial charge < -0.3 is 0 Å². The molecule has 2 aromatic rings. The highest BCUT2D eigenvalue weighted by Crippen LogP contribution is 2.16. The first-order valence-electron chi connectivity index (χ1n) is 5.18. The monoisotopic (exact) mass is 198 g/mol. The third kappa shape index (κ3) is 2.21. The van der Waals surface area contributed by atoms with Crippen LogP contribution < -0.4 is 0 Å². The molecule has 0 aliphatic carbocycles. The minimum atomic E-state index is 0.875. The van der Waals surface area contributed by atoms with Crippen LogP contribution >= 0.6 is 0 Å². The van der Waals surface area contributed by atoms with E-state index in [0.29, 0.717) is 0 Å². The molecule has 2 rings (SSSR count). The van der Waals surface area contributed by atoms with Crippen LogP contribution in [0.5, 0.6) is 0 Å². The maximum absolute atomic E-state index is 4.48. The number of hydrogen-bond acceptors (Lipinski definition) is 2. The van der Waals surface area contributed by atoms with Crippen molar-refractivity contribution in [3.63, 3.8) is 0 Å². The van der Waals surface area contributed by atoms with Crippen LogP contribution in [0.25, 0.3) is 11.3 Å². The molecule has 0 N–H and O–H groups in total. The van der Waals surface area contributed by atoms with Crippen molar-refractivity contribution in [1.82, 2.24) is 9.97 Å². The molecule has 0 fully saturated rings. The summed E-state index contributed by atoms with van der Waals surface area (Å²) in [6.07, 6.45) is 2.70. The van der Waals surface area contributed by atoms with Gasteiger partial charge in [0.25, 0.3) is 0 Å². The van der Waals surface area contributed by atoms with E-state index in [9.17, 15) is 0 Å². The van der Waals surface area contributed by atoms with Crippen molar-refractivity contribution in [2.75, 3.05) is 0 Å². The summed E-state index contributed by atoms with van der Waals surface area (Å²) in [7, 11) is 0. The Balaban J connectivity index is 2.40. The molecule has 76 valence electrons. The normalized spacial score (nSPS) is 10.3. The van der Waals surface area contributed by atoms with E-state index >= 15 is 0 Å². The van der Waals surface area contributed by atoms with Crippen molar-refractivity contribution in [3.8, 4) is 11.3 Å². The van der Waals surface area contributed by atoms with Gasteiger partial charge in [-0.3, -0.25) is 0 Å².